The molecule has 0 saturated carbocycles. The minimum Gasteiger partial charge on any atom is -0.394 e. The van der Waals surface area contributed by atoms with E-state index in [0.29, 0.717) is 6.42 Å². The number of ether oxygens (including phenoxy) is 4. The van der Waals surface area contributed by atoms with Gasteiger partial charge in [-0.3, -0.25) is 4.79 Å². The summed E-state index contributed by atoms with van der Waals surface area (Å²) in [6.45, 7) is 2.85. The number of carbonyl (C=O) groups is 1. The molecule has 2 fully saturated rings. The van der Waals surface area contributed by atoms with E-state index in [1.807, 2.05) is 6.08 Å². The maximum absolute atomic E-state index is 13.3. The molecular weight excluding hydrogens is 1000 g/mol. The van der Waals surface area contributed by atoms with Crippen molar-refractivity contribution in [2.45, 2.75) is 376 Å². The monoisotopic (exact) mass is 1130 g/mol. The van der Waals surface area contributed by atoms with Crippen molar-refractivity contribution in [2.24, 2.45) is 0 Å². The van der Waals surface area contributed by atoms with Crippen LogP contribution in [0.2, 0.25) is 0 Å². The fraction of sp³-hybridized carbons (Fsp3) is 0.954. The van der Waals surface area contributed by atoms with Gasteiger partial charge in [0, 0.05) is 6.42 Å². The van der Waals surface area contributed by atoms with Crippen LogP contribution in [0.4, 0.5) is 0 Å². The van der Waals surface area contributed by atoms with Crippen LogP contribution in [0, 0.1) is 0 Å². The summed E-state index contributed by atoms with van der Waals surface area (Å²) >= 11 is 0. The maximum atomic E-state index is 13.3. The number of allylic oxidation sites excluding steroid dienone is 1. The van der Waals surface area contributed by atoms with E-state index in [9.17, 15) is 45.6 Å². The number of unbranched alkanes of at least 4 members (excludes halogenated alkanes) is 42. The van der Waals surface area contributed by atoms with E-state index < -0.39 is 86.8 Å². The Morgan fingerprint density at radius 2 is 0.785 bits per heavy atom. The van der Waals surface area contributed by atoms with Gasteiger partial charge in [-0.05, 0) is 19.3 Å². The number of aliphatic hydroxyl groups is 8. The molecule has 0 radical (unpaired) electrons. The molecule has 0 bridgehead atoms. The van der Waals surface area contributed by atoms with Gasteiger partial charge in [0.05, 0.1) is 32.0 Å². The lowest BCUT2D eigenvalue weighted by Gasteiger charge is -2.46. The summed E-state index contributed by atoms with van der Waals surface area (Å²) in [6.07, 6.45) is 44.0. The Bertz CT molecular complexity index is 1380. The third-order valence-corrected chi connectivity index (χ3v) is 16.7. The van der Waals surface area contributed by atoms with Gasteiger partial charge in [-0.1, -0.05) is 289 Å². The highest BCUT2D eigenvalue weighted by molar-refractivity contribution is 5.76. The van der Waals surface area contributed by atoms with Crippen molar-refractivity contribution in [3.63, 3.8) is 0 Å². The molecule has 2 aliphatic heterocycles. The summed E-state index contributed by atoms with van der Waals surface area (Å²) in [4.78, 5) is 13.3. The van der Waals surface area contributed by atoms with E-state index in [1.165, 1.54) is 238 Å². The number of hydrogen-bond acceptors (Lipinski definition) is 13. The molecule has 79 heavy (non-hydrogen) atoms. The van der Waals surface area contributed by atoms with Crippen molar-refractivity contribution in [1.29, 1.82) is 0 Å². The number of aliphatic hydroxyl groups excluding tert-OH is 8. The van der Waals surface area contributed by atoms with Crippen molar-refractivity contribution >= 4 is 5.91 Å². The van der Waals surface area contributed by atoms with Gasteiger partial charge in [0.2, 0.25) is 5.91 Å². The topological polar surface area (TPSA) is 228 Å². The van der Waals surface area contributed by atoms with Crippen LogP contribution in [0.5, 0.6) is 0 Å². The minimum atomic E-state index is -1.79. The number of hydrogen-bond donors (Lipinski definition) is 9. The summed E-state index contributed by atoms with van der Waals surface area (Å²) in [6, 6.07) is -0.910. The Hall–Kier alpha value is -1.27. The SMILES string of the molecule is CCCCCCCCCCCCCCCCCCCCCC/C=C/C(O)C(COC1OC(CO)C(OC2OC(CO)C(O)C(O)C2O)C(O)C1O)NC(=O)CCCCCCCCCCCCCCCCCCCCCCCCC. The van der Waals surface area contributed by atoms with Gasteiger partial charge < -0.3 is 65.1 Å². The first-order chi connectivity index (χ1) is 38.6. The molecule has 0 spiro atoms. The van der Waals surface area contributed by atoms with Crippen molar-refractivity contribution in [2.75, 3.05) is 19.8 Å². The Morgan fingerprint density at radius 3 is 1.16 bits per heavy atom. The molecule has 468 valence electrons. The van der Waals surface area contributed by atoms with E-state index in [-0.39, 0.29) is 18.9 Å². The van der Waals surface area contributed by atoms with Crippen molar-refractivity contribution in [1.82, 2.24) is 5.32 Å². The normalized spacial score (nSPS) is 24.4. The minimum absolute atomic E-state index is 0.231. The number of carbonyl (C=O) groups excluding carboxylic acids is 1. The molecule has 2 aliphatic rings. The zero-order chi connectivity index (χ0) is 57.4. The Labute approximate surface area is 482 Å². The summed E-state index contributed by atoms with van der Waals surface area (Å²) < 4.78 is 22.8. The Morgan fingerprint density at radius 1 is 0.443 bits per heavy atom. The molecule has 2 rings (SSSR count). The second-order valence-electron chi connectivity index (χ2n) is 24.0. The van der Waals surface area contributed by atoms with Crippen LogP contribution in [0.15, 0.2) is 12.2 Å². The third kappa shape index (κ3) is 36.2. The van der Waals surface area contributed by atoms with Crippen LogP contribution in [0.1, 0.15) is 303 Å². The maximum Gasteiger partial charge on any atom is 0.220 e. The fourth-order valence-electron chi connectivity index (χ4n) is 11.4. The predicted molar refractivity (Wildman–Crippen MR) is 319 cm³/mol. The van der Waals surface area contributed by atoms with Gasteiger partial charge in [-0.2, -0.15) is 0 Å². The zero-order valence-corrected chi connectivity index (χ0v) is 50.6. The van der Waals surface area contributed by atoms with Gasteiger partial charge in [0.1, 0.15) is 48.8 Å². The van der Waals surface area contributed by atoms with E-state index in [0.717, 1.165) is 38.5 Å². The van der Waals surface area contributed by atoms with Gasteiger partial charge in [-0.25, -0.2) is 0 Å². The summed E-state index contributed by atoms with van der Waals surface area (Å²) in [7, 11) is 0. The number of rotatable bonds is 55. The smallest absolute Gasteiger partial charge is 0.220 e. The Balaban J connectivity index is 1.71. The highest BCUT2D eigenvalue weighted by Crippen LogP contribution is 2.30. The lowest BCUT2D eigenvalue weighted by atomic mass is 9.97. The first-order valence-electron chi connectivity index (χ1n) is 33.4. The largest absolute Gasteiger partial charge is 0.394 e. The van der Waals surface area contributed by atoms with E-state index in [1.54, 1.807) is 6.08 Å². The number of nitrogens with one attached hydrogen (secondary N) is 1. The molecule has 2 saturated heterocycles. The molecule has 0 aromatic rings. The van der Waals surface area contributed by atoms with Gasteiger partial charge in [0.25, 0.3) is 0 Å². The van der Waals surface area contributed by atoms with Crippen molar-refractivity contribution in [3.05, 3.63) is 12.2 Å². The first-order valence-corrected chi connectivity index (χ1v) is 33.4. The Kier molecular flexibility index (Phi) is 47.8. The molecule has 9 N–H and O–H groups in total. The lowest BCUT2D eigenvalue weighted by molar-refractivity contribution is -0.359. The molecule has 1 amide bonds. The van der Waals surface area contributed by atoms with E-state index >= 15 is 0 Å². The summed E-state index contributed by atoms with van der Waals surface area (Å²) in [5.74, 6) is -0.231. The molecule has 0 aromatic heterocycles. The lowest BCUT2D eigenvalue weighted by Crippen LogP contribution is -2.65. The standard InChI is InChI=1S/C65H125NO13/c1-3-5-7-9-11-13-15-17-19-21-23-25-27-29-31-33-35-37-39-41-43-45-47-49-57(70)66-53(52-76-64-62(75)60(73)63(56(51-68)78-64)79-65-61(74)59(72)58(71)55(50-67)77-65)54(69)48-46-44-42-40-38-36-34-32-30-28-26-24-22-20-18-16-14-12-10-8-6-4-2/h46,48,53-56,58-65,67-69,71-75H,3-45,47,49-52H2,1-2H3,(H,66,70)/b48-46+. The zero-order valence-electron chi connectivity index (χ0n) is 50.6. The molecular formula is C65H125NO13. The molecule has 12 atom stereocenters. The quantitative estimate of drug-likeness (QED) is 0.0204. The van der Waals surface area contributed by atoms with E-state index in [2.05, 4.69) is 19.2 Å². The summed E-state index contributed by atoms with van der Waals surface area (Å²) in [5.41, 5.74) is 0. The van der Waals surface area contributed by atoms with Crippen molar-refractivity contribution < 1.29 is 64.6 Å². The van der Waals surface area contributed by atoms with Crippen LogP contribution in [0.25, 0.3) is 0 Å². The molecule has 2 heterocycles. The first kappa shape index (κ1) is 73.8. The predicted octanol–water partition coefficient (Wildman–Crippen LogP) is 12.6. The van der Waals surface area contributed by atoms with Gasteiger partial charge >= 0.3 is 0 Å². The van der Waals surface area contributed by atoms with Crippen LogP contribution >= 0.6 is 0 Å². The molecule has 14 heteroatoms. The van der Waals surface area contributed by atoms with Crippen molar-refractivity contribution in [3.8, 4) is 0 Å². The van der Waals surface area contributed by atoms with E-state index in [4.69, 9.17) is 18.9 Å². The van der Waals surface area contributed by atoms with Crippen LogP contribution in [0.3, 0.4) is 0 Å². The summed E-state index contributed by atoms with van der Waals surface area (Å²) in [5, 5.41) is 87.3. The molecule has 0 aliphatic carbocycles. The van der Waals surface area contributed by atoms with Gasteiger partial charge in [-0.15, -0.1) is 0 Å². The molecule has 0 aromatic carbocycles. The highest BCUT2D eigenvalue weighted by atomic mass is 16.7. The number of amides is 1. The second kappa shape index (κ2) is 51.2. The average Bonchev–Trinajstić information content (AvgIpc) is 3.47. The second-order valence-corrected chi connectivity index (χ2v) is 24.0. The molecule has 14 nitrogen and oxygen atoms in total. The van der Waals surface area contributed by atoms with Gasteiger partial charge in [0.15, 0.2) is 12.6 Å². The van der Waals surface area contributed by atoms with Crippen LogP contribution < -0.4 is 5.32 Å². The fourth-order valence-corrected chi connectivity index (χ4v) is 11.4. The molecule has 12 unspecified atom stereocenters. The third-order valence-electron chi connectivity index (χ3n) is 16.7. The van der Waals surface area contributed by atoms with Crippen LogP contribution in [-0.2, 0) is 23.7 Å². The highest BCUT2D eigenvalue weighted by Gasteiger charge is 2.51. The van der Waals surface area contributed by atoms with Crippen LogP contribution in [-0.4, -0.2) is 140 Å². The average molecular weight is 1130 g/mol.